The average molecular weight is 394 g/mol. The Kier molecular flexibility index (Phi) is 6.55. The van der Waals surface area contributed by atoms with Gasteiger partial charge in [-0.25, -0.2) is 13.8 Å². The molecule has 1 aromatic heterocycles. The molecule has 1 amide bonds. The normalized spacial score (nSPS) is 15.8. The van der Waals surface area contributed by atoms with Crippen molar-refractivity contribution in [2.45, 2.75) is 33.1 Å². The van der Waals surface area contributed by atoms with Gasteiger partial charge in [0.05, 0.1) is 5.69 Å². The van der Waals surface area contributed by atoms with Crippen LogP contribution in [0.3, 0.4) is 0 Å². The third kappa shape index (κ3) is 4.71. The van der Waals surface area contributed by atoms with Gasteiger partial charge in [-0.15, -0.1) is 11.3 Å². The molecule has 1 aromatic carbocycles. The smallest absolute Gasteiger partial charge is 0.265 e. The second-order valence-electron chi connectivity index (χ2n) is 6.90. The molecule has 0 aliphatic carbocycles. The van der Waals surface area contributed by atoms with Gasteiger partial charge in [-0.3, -0.25) is 4.79 Å². The second-order valence-corrected chi connectivity index (χ2v) is 7.90. The van der Waals surface area contributed by atoms with Gasteiger partial charge >= 0.3 is 0 Å². The van der Waals surface area contributed by atoms with E-state index >= 15 is 0 Å². The molecule has 0 saturated carbocycles. The number of benzene rings is 1. The molecular weight excluding hydrogens is 368 g/mol. The van der Waals surface area contributed by atoms with E-state index in [9.17, 15) is 13.6 Å². The number of hydrogen-bond acceptors (Lipinski definition) is 4. The third-order valence-corrected chi connectivity index (χ3v) is 6.03. The minimum Gasteiger partial charge on any atom is -0.337 e. The van der Waals surface area contributed by atoms with Crippen LogP contribution < -0.4 is 0 Å². The zero-order valence-electron chi connectivity index (χ0n) is 15.8. The first-order valence-corrected chi connectivity index (χ1v) is 10.3. The van der Waals surface area contributed by atoms with E-state index in [0.29, 0.717) is 22.1 Å². The Hall–Kier alpha value is -1.86. The summed E-state index contributed by atoms with van der Waals surface area (Å²) in [6, 6.07) is 3.41. The summed E-state index contributed by atoms with van der Waals surface area (Å²) in [5.74, 6) is -1.33. The summed E-state index contributed by atoms with van der Waals surface area (Å²) >= 11 is 1.18. The SMILES string of the molecule is CCCCN1CCCN(C(=O)c2sc(-c3ccc(F)cc3F)nc2C)CC1. The van der Waals surface area contributed by atoms with Gasteiger partial charge in [-0.05, 0) is 45.0 Å². The van der Waals surface area contributed by atoms with E-state index in [1.54, 1.807) is 6.92 Å². The molecule has 0 unspecified atom stereocenters. The van der Waals surface area contributed by atoms with Crippen molar-refractivity contribution in [1.29, 1.82) is 0 Å². The molecule has 4 nitrogen and oxygen atoms in total. The molecule has 1 fully saturated rings. The van der Waals surface area contributed by atoms with Gasteiger partial charge in [0.1, 0.15) is 21.5 Å². The highest BCUT2D eigenvalue weighted by Gasteiger charge is 2.25. The van der Waals surface area contributed by atoms with E-state index in [2.05, 4.69) is 16.8 Å². The van der Waals surface area contributed by atoms with Crippen molar-refractivity contribution >= 4 is 17.2 Å². The van der Waals surface area contributed by atoms with Crippen molar-refractivity contribution in [2.24, 2.45) is 0 Å². The second kappa shape index (κ2) is 8.89. The van der Waals surface area contributed by atoms with E-state index in [4.69, 9.17) is 0 Å². The Morgan fingerprint density at radius 1 is 1.22 bits per heavy atom. The number of nitrogens with zero attached hydrogens (tertiary/aromatic N) is 3. The van der Waals surface area contributed by atoms with Crippen LogP contribution in [-0.4, -0.2) is 53.4 Å². The number of aromatic nitrogens is 1. The van der Waals surface area contributed by atoms with E-state index in [1.165, 1.54) is 36.3 Å². The molecular formula is C20H25F2N3OS. The highest BCUT2D eigenvalue weighted by molar-refractivity contribution is 7.17. The van der Waals surface area contributed by atoms with Crippen LogP contribution >= 0.6 is 11.3 Å². The summed E-state index contributed by atoms with van der Waals surface area (Å²) < 4.78 is 27.2. The average Bonchev–Trinajstić information content (AvgIpc) is 2.87. The third-order valence-electron chi connectivity index (χ3n) is 4.86. The predicted molar refractivity (Wildman–Crippen MR) is 104 cm³/mol. The Morgan fingerprint density at radius 3 is 2.78 bits per heavy atom. The van der Waals surface area contributed by atoms with Crippen molar-refractivity contribution < 1.29 is 13.6 Å². The Morgan fingerprint density at radius 2 is 2.04 bits per heavy atom. The van der Waals surface area contributed by atoms with Crippen molar-refractivity contribution in [3.8, 4) is 10.6 Å². The van der Waals surface area contributed by atoms with Gasteiger partial charge in [0.25, 0.3) is 5.91 Å². The number of rotatable bonds is 5. The van der Waals surface area contributed by atoms with E-state index in [1.807, 2.05) is 4.90 Å². The lowest BCUT2D eigenvalue weighted by atomic mass is 10.2. The largest absolute Gasteiger partial charge is 0.337 e. The number of aryl methyl sites for hydroxylation is 1. The molecule has 27 heavy (non-hydrogen) atoms. The van der Waals surface area contributed by atoms with Gasteiger partial charge in [0.2, 0.25) is 0 Å². The molecule has 1 saturated heterocycles. The molecule has 7 heteroatoms. The van der Waals surface area contributed by atoms with E-state index < -0.39 is 11.6 Å². The number of hydrogen-bond donors (Lipinski definition) is 0. The monoisotopic (exact) mass is 393 g/mol. The van der Waals surface area contributed by atoms with Crippen LogP contribution in [0.25, 0.3) is 10.6 Å². The zero-order valence-corrected chi connectivity index (χ0v) is 16.6. The van der Waals surface area contributed by atoms with Gasteiger partial charge in [0, 0.05) is 31.3 Å². The number of thiazole rings is 1. The first kappa shape index (κ1) is 19.9. The Bertz CT molecular complexity index is 809. The number of carbonyl (C=O) groups is 1. The fraction of sp³-hybridized carbons (Fsp3) is 0.500. The summed E-state index contributed by atoms with van der Waals surface area (Å²) in [5, 5.41) is 0.410. The molecule has 2 aromatic rings. The van der Waals surface area contributed by atoms with Crippen molar-refractivity contribution in [1.82, 2.24) is 14.8 Å². The van der Waals surface area contributed by atoms with Gasteiger partial charge < -0.3 is 9.80 Å². The lowest BCUT2D eigenvalue weighted by molar-refractivity contribution is 0.0765. The molecule has 146 valence electrons. The summed E-state index contributed by atoms with van der Waals surface area (Å²) in [6.45, 7) is 8.33. The topological polar surface area (TPSA) is 36.4 Å². The van der Waals surface area contributed by atoms with Crippen LogP contribution in [0.15, 0.2) is 18.2 Å². The van der Waals surface area contributed by atoms with Crippen LogP contribution in [0.2, 0.25) is 0 Å². The molecule has 0 radical (unpaired) electrons. The number of carbonyl (C=O) groups excluding carboxylic acids is 1. The Balaban J connectivity index is 1.74. The summed E-state index contributed by atoms with van der Waals surface area (Å²) in [4.78, 5) is 22.2. The maximum Gasteiger partial charge on any atom is 0.265 e. The lowest BCUT2D eigenvalue weighted by Gasteiger charge is -2.21. The molecule has 3 rings (SSSR count). The highest BCUT2D eigenvalue weighted by atomic mass is 32.1. The molecule has 0 bridgehead atoms. The van der Waals surface area contributed by atoms with Gasteiger partial charge in [-0.2, -0.15) is 0 Å². The first-order chi connectivity index (χ1) is 13.0. The molecule has 0 atom stereocenters. The van der Waals surface area contributed by atoms with Crippen molar-refractivity contribution in [2.75, 3.05) is 32.7 Å². The van der Waals surface area contributed by atoms with Crippen LogP contribution in [-0.2, 0) is 0 Å². The van der Waals surface area contributed by atoms with E-state index in [0.717, 1.165) is 38.7 Å². The van der Waals surface area contributed by atoms with Gasteiger partial charge in [-0.1, -0.05) is 13.3 Å². The van der Waals surface area contributed by atoms with Crippen LogP contribution in [0.4, 0.5) is 8.78 Å². The predicted octanol–water partition coefficient (Wildman–Crippen LogP) is 4.34. The molecule has 2 heterocycles. The summed E-state index contributed by atoms with van der Waals surface area (Å²) in [7, 11) is 0. The lowest BCUT2D eigenvalue weighted by Crippen LogP contribution is -2.35. The van der Waals surface area contributed by atoms with Crippen molar-refractivity contribution in [3.05, 3.63) is 40.4 Å². The molecule has 1 aliphatic heterocycles. The maximum atomic E-state index is 14.1. The fourth-order valence-corrected chi connectivity index (χ4v) is 4.36. The quantitative estimate of drug-likeness (QED) is 0.758. The number of amides is 1. The Labute approximate surface area is 162 Å². The van der Waals surface area contributed by atoms with Crippen molar-refractivity contribution in [3.63, 3.8) is 0 Å². The molecule has 0 spiro atoms. The highest BCUT2D eigenvalue weighted by Crippen LogP contribution is 2.31. The number of halogens is 2. The minimum atomic E-state index is -0.663. The molecule has 0 N–H and O–H groups in total. The summed E-state index contributed by atoms with van der Waals surface area (Å²) in [5.41, 5.74) is 0.820. The minimum absolute atomic E-state index is 0.0453. The van der Waals surface area contributed by atoms with Crippen LogP contribution in [0, 0.1) is 18.6 Å². The van der Waals surface area contributed by atoms with Crippen LogP contribution in [0.1, 0.15) is 41.6 Å². The molecule has 1 aliphatic rings. The zero-order chi connectivity index (χ0) is 19.4. The summed E-state index contributed by atoms with van der Waals surface area (Å²) in [6.07, 6.45) is 3.29. The van der Waals surface area contributed by atoms with Gasteiger partial charge in [0.15, 0.2) is 0 Å². The first-order valence-electron chi connectivity index (χ1n) is 9.44. The fourth-order valence-electron chi connectivity index (χ4n) is 3.30. The van der Waals surface area contributed by atoms with E-state index in [-0.39, 0.29) is 11.5 Å². The van der Waals surface area contributed by atoms with Crippen LogP contribution in [0.5, 0.6) is 0 Å². The maximum absolute atomic E-state index is 14.1. The standard InChI is InChI=1S/C20H25F2N3OS/c1-3-4-8-24-9-5-10-25(12-11-24)20(26)18-14(2)23-19(27-18)16-7-6-15(21)13-17(16)22/h6-7,13H,3-5,8-12H2,1-2H3. The number of unbranched alkanes of at least 4 members (excludes halogenated alkanes) is 1.